The van der Waals surface area contributed by atoms with E-state index >= 15 is 0 Å². The second-order valence-corrected chi connectivity index (χ2v) is 5.96. The number of halogens is 2. The summed E-state index contributed by atoms with van der Waals surface area (Å²) in [5.41, 5.74) is 0.846. The van der Waals surface area contributed by atoms with Gasteiger partial charge in [-0.3, -0.25) is 4.90 Å². The molecule has 20 heavy (non-hydrogen) atoms. The van der Waals surface area contributed by atoms with Crippen LogP contribution in [0, 0.1) is 11.7 Å². The summed E-state index contributed by atoms with van der Waals surface area (Å²) in [6.07, 6.45) is 5.17. The third-order valence-corrected chi connectivity index (χ3v) is 4.29. The van der Waals surface area contributed by atoms with E-state index < -0.39 is 0 Å². The Balaban J connectivity index is 0.00000147. The van der Waals surface area contributed by atoms with Gasteiger partial charge >= 0.3 is 0 Å². The molecule has 0 amide bonds. The SMILES string of the molecule is Cl.Fc1ccccc1CN(CC1CCCNC1)C1CC1. The van der Waals surface area contributed by atoms with Crippen LogP contribution in [0.5, 0.6) is 0 Å². The van der Waals surface area contributed by atoms with Crippen molar-refractivity contribution in [2.24, 2.45) is 5.92 Å². The number of benzene rings is 1. The largest absolute Gasteiger partial charge is 0.316 e. The zero-order chi connectivity index (χ0) is 13.1. The van der Waals surface area contributed by atoms with Gasteiger partial charge in [0.25, 0.3) is 0 Å². The molecule has 1 aromatic carbocycles. The van der Waals surface area contributed by atoms with Crippen LogP contribution < -0.4 is 5.32 Å². The second-order valence-electron chi connectivity index (χ2n) is 5.96. The van der Waals surface area contributed by atoms with Gasteiger partial charge in [-0.1, -0.05) is 18.2 Å². The van der Waals surface area contributed by atoms with Gasteiger partial charge in [0.1, 0.15) is 5.82 Å². The third-order valence-electron chi connectivity index (χ3n) is 4.29. The molecule has 1 aliphatic heterocycles. The van der Waals surface area contributed by atoms with Crippen LogP contribution in [-0.2, 0) is 6.54 Å². The molecule has 2 aliphatic rings. The van der Waals surface area contributed by atoms with E-state index in [2.05, 4.69) is 10.2 Å². The van der Waals surface area contributed by atoms with E-state index in [0.29, 0.717) is 6.04 Å². The summed E-state index contributed by atoms with van der Waals surface area (Å²) in [5.74, 6) is 0.677. The molecule has 0 aromatic heterocycles. The predicted octanol–water partition coefficient (Wildman–Crippen LogP) is 3.21. The fraction of sp³-hybridized carbons (Fsp3) is 0.625. The van der Waals surface area contributed by atoms with Crippen molar-refractivity contribution < 1.29 is 4.39 Å². The van der Waals surface area contributed by atoms with Crippen molar-refractivity contribution in [1.29, 1.82) is 0 Å². The number of hydrogen-bond acceptors (Lipinski definition) is 2. The Morgan fingerprint density at radius 3 is 2.65 bits per heavy atom. The van der Waals surface area contributed by atoms with E-state index in [0.717, 1.165) is 37.7 Å². The molecule has 1 saturated heterocycles. The maximum atomic E-state index is 13.8. The van der Waals surface area contributed by atoms with Gasteiger partial charge in [0.05, 0.1) is 0 Å². The molecule has 1 unspecified atom stereocenters. The summed E-state index contributed by atoms with van der Waals surface area (Å²) < 4.78 is 13.8. The molecule has 1 atom stereocenters. The van der Waals surface area contributed by atoms with Gasteiger partial charge in [-0.15, -0.1) is 12.4 Å². The van der Waals surface area contributed by atoms with Crippen molar-refractivity contribution in [3.8, 4) is 0 Å². The molecule has 1 heterocycles. The van der Waals surface area contributed by atoms with Crippen LogP contribution >= 0.6 is 12.4 Å². The lowest BCUT2D eigenvalue weighted by Gasteiger charge is -2.30. The molecule has 0 spiro atoms. The Morgan fingerprint density at radius 1 is 1.20 bits per heavy atom. The summed E-state index contributed by atoms with van der Waals surface area (Å²) in [7, 11) is 0. The Morgan fingerprint density at radius 2 is 2.00 bits per heavy atom. The summed E-state index contributed by atoms with van der Waals surface area (Å²) in [5, 5.41) is 3.47. The first-order valence-corrected chi connectivity index (χ1v) is 7.51. The maximum Gasteiger partial charge on any atom is 0.127 e. The van der Waals surface area contributed by atoms with Crippen molar-refractivity contribution in [2.75, 3.05) is 19.6 Å². The minimum absolute atomic E-state index is 0. The minimum atomic E-state index is -0.0603. The standard InChI is InChI=1S/C16H23FN2.ClH/c17-16-6-2-1-5-14(16)12-19(15-7-8-15)11-13-4-3-9-18-10-13;/h1-2,5-6,13,15,18H,3-4,7-12H2;1H. The summed E-state index contributed by atoms with van der Waals surface area (Å²) in [6.45, 7) is 4.17. The molecule has 1 saturated carbocycles. The minimum Gasteiger partial charge on any atom is -0.316 e. The summed E-state index contributed by atoms with van der Waals surface area (Å²) in [6, 6.07) is 7.89. The van der Waals surface area contributed by atoms with Crippen molar-refractivity contribution in [2.45, 2.75) is 38.3 Å². The van der Waals surface area contributed by atoms with E-state index in [4.69, 9.17) is 0 Å². The normalized spacial score (nSPS) is 22.6. The number of rotatable bonds is 5. The maximum absolute atomic E-state index is 13.8. The lowest BCUT2D eigenvalue weighted by atomic mass is 9.98. The van der Waals surface area contributed by atoms with Crippen LogP contribution in [0.2, 0.25) is 0 Å². The first kappa shape index (κ1) is 15.7. The van der Waals surface area contributed by atoms with Crippen LogP contribution in [0.3, 0.4) is 0 Å². The van der Waals surface area contributed by atoms with E-state index in [-0.39, 0.29) is 18.2 Å². The molecular weight excluding hydrogens is 275 g/mol. The molecule has 112 valence electrons. The highest BCUT2D eigenvalue weighted by atomic mass is 35.5. The fourth-order valence-electron chi connectivity index (χ4n) is 3.04. The van der Waals surface area contributed by atoms with Crippen LogP contribution in [0.1, 0.15) is 31.2 Å². The fourth-order valence-corrected chi connectivity index (χ4v) is 3.04. The van der Waals surface area contributed by atoms with Crippen molar-refractivity contribution in [1.82, 2.24) is 10.2 Å². The monoisotopic (exact) mass is 298 g/mol. The highest BCUT2D eigenvalue weighted by Crippen LogP contribution is 2.30. The topological polar surface area (TPSA) is 15.3 Å². The average molecular weight is 299 g/mol. The average Bonchev–Trinajstić information content (AvgIpc) is 3.26. The predicted molar refractivity (Wildman–Crippen MR) is 82.7 cm³/mol. The summed E-state index contributed by atoms with van der Waals surface area (Å²) in [4.78, 5) is 2.50. The van der Waals surface area contributed by atoms with Gasteiger partial charge in [0, 0.05) is 24.7 Å². The Kier molecular flexibility index (Phi) is 5.82. The molecule has 1 aromatic rings. The molecule has 0 bridgehead atoms. The number of piperidine rings is 1. The lowest BCUT2D eigenvalue weighted by molar-refractivity contribution is 0.191. The number of hydrogen-bond donors (Lipinski definition) is 1. The molecule has 2 nitrogen and oxygen atoms in total. The van der Waals surface area contributed by atoms with Gasteiger partial charge in [-0.25, -0.2) is 4.39 Å². The van der Waals surface area contributed by atoms with Crippen LogP contribution in [-0.4, -0.2) is 30.6 Å². The van der Waals surface area contributed by atoms with Crippen LogP contribution in [0.25, 0.3) is 0 Å². The molecule has 2 fully saturated rings. The Labute approximate surface area is 127 Å². The van der Waals surface area contributed by atoms with E-state index in [1.54, 1.807) is 12.1 Å². The van der Waals surface area contributed by atoms with Crippen molar-refractivity contribution in [3.05, 3.63) is 35.6 Å². The highest BCUT2D eigenvalue weighted by molar-refractivity contribution is 5.85. The van der Waals surface area contributed by atoms with Gasteiger partial charge in [0.15, 0.2) is 0 Å². The Hall–Kier alpha value is -0.640. The number of nitrogens with one attached hydrogen (secondary N) is 1. The molecular formula is C16H24ClFN2. The highest BCUT2D eigenvalue weighted by Gasteiger charge is 2.31. The molecule has 1 N–H and O–H groups in total. The van der Waals surface area contributed by atoms with Gasteiger partial charge < -0.3 is 5.32 Å². The van der Waals surface area contributed by atoms with Crippen molar-refractivity contribution >= 4 is 12.4 Å². The zero-order valence-corrected chi connectivity index (χ0v) is 12.7. The third kappa shape index (κ3) is 4.18. The molecule has 1 aliphatic carbocycles. The molecule has 4 heteroatoms. The van der Waals surface area contributed by atoms with Crippen LogP contribution in [0.15, 0.2) is 24.3 Å². The Bertz CT molecular complexity index is 417. The van der Waals surface area contributed by atoms with Gasteiger partial charge in [-0.2, -0.15) is 0 Å². The van der Waals surface area contributed by atoms with Crippen LogP contribution in [0.4, 0.5) is 4.39 Å². The quantitative estimate of drug-likeness (QED) is 0.898. The van der Waals surface area contributed by atoms with E-state index in [1.165, 1.54) is 25.7 Å². The van der Waals surface area contributed by atoms with Crippen molar-refractivity contribution in [3.63, 3.8) is 0 Å². The van der Waals surface area contributed by atoms with Gasteiger partial charge in [-0.05, 0) is 50.8 Å². The van der Waals surface area contributed by atoms with Gasteiger partial charge in [0.2, 0.25) is 0 Å². The first-order valence-electron chi connectivity index (χ1n) is 7.51. The molecule has 3 rings (SSSR count). The first-order chi connectivity index (χ1) is 9.33. The van der Waals surface area contributed by atoms with E-state index in [9.17, 15) is 4.39 Å². The second kappa shape index (κ2) is 7.39. The van der Waals surface area contributed by atoms with E-state index in [1.807, 2.05) is 12.1 Å². The smallest absolute Gasteiger partial charge is 0.127 e. The summed E-state index contributed by atoms with van der Waals surface area (Å²) >= 11 is 0. The lowest BCUT2D eigenvalue weighted by Crippen LogP contribution is -2.39. The molecule has 0 radical (unpaired) electrons. The number of nitrogens with zero attached hydrogens (tertiary/aromatic N) is 1. The zero-order valence-electron chi connectivity index (χ0n) is 11.9.